The zero-order valence-corrected chi connectivity index (χ0v) is 13.2. The quantitative estimate of drug-likeness (QED) is 0.923. The maximum atomic E-state index is 9.95. The lowest BCUT2D eigenvalue weighted by molar-refractivity contribution is 0.0322. The molecule has 2 heterocycles. The van der Waals surface area contributed by atoms with Crippen molar-refractivity contribution in [3.05, 3.63) is 16.1 Å². The predicted octanol–water partition coefficient (Wildman–Crippen LogP) is 3.54. The van der Waals surface area contributed by atoms with E-state index in [2.05, 4.69) is 16.1 Å². The van der Waals surface area contributed by atoms with Crippen molar-refractivity contribution in [3.63, 3.8) is 0 Å². The Kier molecular flexibility index (Phi) is 4.74. The number of thiazole rings is 1. The molecule has 2 fully saturated rings. The van der Waals surface area contributed by atoms with Crippen molar-refractivity contribution < 1.29 is 5.11 Å². The molecule has 0 spiro atoms. The van der Waals surface area contributed by atoms with Gasteiger partial charge >= 0.3 is 0 Å². The first-order chi connectivity index (χ1) is 9.74. The summed E-state index contributed by atoms with van der Waals surface area (Å²) < 4.78 is 0. The number of aliphatic hydroxyl groups excluding tert-OH is 1. The zero-order chi connectivity index (χ0) is 13.9. The van der Waals surface area contributed by atoms with E-state index >= 15 is 0 Å². The lowest BCUT2D eigenvalue weighted by Gasteiger charge is -2.37. The van der Waals surface area contributed by atoms with Crippen LogP contribution >= 0.6 is 11.3 Å². The molecule has 1 aliphatic heterocycles. The largest absolute Gasteiger partial charge is 0.392 e. The number of likely N-dealkylation sites (tertiary alicyclic amines) is 1. The molecule has 2 atom stereocenters. The third-order valence-corrected chi connectivity index (χ3v) is 6.00. The Hall–Kier alpha value is -0.450. The number of piperidine rings is 1. The molecule has 0 aromatic carbocycles. The van der Waals surface area contributed by atoms with Gasteiger partial charge in [0.05, 0.1) is 11.1 Å². The summed E-state index contributed by atoms with van der Waals surface area (Å²) in [6, 6.07) is 0.334. The summed E-state index contributed by atoms with van der Waals surface area (Å²) in [5.74, 6) is 0.725. The monoisotopic (exact) mass is 294 g/mol. The van der Waals surface area contributed by atoms with Crippen LogP contribution in [0.15, 0.2) is 6.20 Å². The molecule has 1 saturated heterocycles. The molecule has 1 N–H and O–H groups in total. The minimum Gasteiger partial charge on any atom is -0.392 e. The van der Waals surface area contributed by atoms with Crippen molar-refractivity contribution in [1.82, 2.24) is 9.88 Å². The number of hydrogen-bond acceptors (Lipinski definition) is 4. The summed E-state index contributed by atoms with van der Waals surface area (Å²) in [5, 5.41) is 11.3. The van der Waals surface area contributed by atoms with Crippen molar-refractivity contribution in [2.45, 2.75) is 76.5 Å². The van der Waals surface area contributed by atoms with Gasteiger partial charge in [-0.2, -0.15) is 0 Å². The minimum atomic E-state index is -0.225. The van der Waals surface area contributed by atoms with Crippen molar-refractivity contribution in [1.29, 1.82) is 0 Å². The van der Waals surface area contributed by atoms with Crippen molar-refractivity contribution >= 4 is 11.3 Å². The molecule has 0 radical (unpaired) electrons. The topological polar surface area (TPSA) is 36.4 Å². The van der Waals surface area contributed by atoms with E-state index in [0.29, 0.717) is 6.04 Å². The lowest BCUT2D eigenvalue weighted by atomic mass is 9.98. The highest BCUT2D eigenvalue weighted by molar-refractivity contribution is 7.11. The Bertz CT molecular complexity index is 426. The fourth-order valence-electron chi connectivity index (χ4n) is 3.72. The molecule has 0 amide bonds. The summed E-state index contributed by atoms with van der Waals surface area (Å²) in [6.45, 7) is 4.02. The molecule has 2 aliphatic rings. The van der Waals surface area contributed by atoms with Gasteiger partial charge in [0.2, 0.25) is 0 Å². The minimum absolute atomic E-state index is 0.225. The van der Waals surface area contributed by atoms with Crippen LogP contribution in [0.3, 0.4) is 0 Å². The maximum Gasteiger partial charge on any atom is 0.0959 e. The standard InChI is InChI=1S/C16H26N2OS/c1-12(19)15-8-4-5-9-18(15)11-14-10-17-16(20-14)13-6-2-3-7-13/h10,12-13,15,19H,2-9,11H2,1H3. The normalized spacial score (nSPS) is 27.0. The molecule has 4 heteroatoms. The van der Waals surface area contributed by atoms with E-state index in [-0.39, 0.29) is 6.10 Å². The number of rotatable bonds is 4. The van der Waals surface area contributed by atoms with Gasteiger partial charge in [-0.05, 0) is 39.2 Å². The third kappa shape index (κ3) is 3.23. The number of aromatic nitrogens is 1. The van der Waals surface area contributed by atoms with Gasteiger partial charge in [-0.15, -0.1) is 11.3 Å². The Morgan fingerprint density at radius 1 is 1.30 bits per heavy atom. The van der Waals surface area contributed by atoms with Gasteiger partial charge in [0.25, 0.3) is 0 Å². The van der Waals surface area contributed by atoms with Gasteiger partial charge in [-0.3, -0.25) is 4.90 Å². The molecule has 1 saturated carbocycles. The van der Waals surface area contributed by atoms with Crippen molar-refractivity contribution in [3.8, 4) is 0 Å². The number of nitrogens with zero attached hydrogens (tertiary/aromatic N) is 2. The van der Waals surface area contributed by atoms with Crippen molar-refractivity contribution in [2.24, 2.45) is 0 Å². The predicted molar refractivity (Wildman–Crippen MR) is 83.1 cm³/mol. The second-order valence-electron chi connectivity index (χ2n) is 6.42. The van der Waals surface area contributed by atoms with Crippen LogP contribution in [0.1, 0.15) is 67.7 Å². The van der Waals surface area contributed by atoms with Gasteiger partial charge in [0, 0.05) is 29.6 Å². The third-order valence-electron chi connectivity index (χ3n) is 4.86. The highest BCUT2D eigenvalue weighted by Gasteiger charge is 2.27. The number of aliphatic hydroxyl groups is 1. The molecule has 1 aromatic heterocycles. The van der Waals surface area contributed by atoms with E-state index in [0.717, 1.165) is 25.4 Å². The molecule has 1 aromatic rings. The lowest BCUT2D eigenvalue weighted by Crippen LogP contribution is -2.45. The molecule has 1 aliphatic carbocycles. The van der Waals surface area contributed by atoms with Gasteiger partial charge in [0.1, 0.15) is 0 Å². The first kappa shape index (κ1) is 14.5. The van der Waals surface area contributed by atoms with Gasteiger partial charge < -0.3 is 5.11 Å². The summed E-state index contributed by atoms with van der Waals surface area (Å²) in [7, 11) is 0. The molecule has 3 nitrogen and oxygen atoms in total. The molecule has 3 rings (SSSR count). The Morgan fingerprint density at radius 2 is 2.05 bits per heavy atom. The Balaban J connectivity index is 1.64. The average molecular weight is 294 g/mol. The fourth-order valence-corrected chi connectivity index (χ4v) is 4.83. The molecule has 112 valence electrons. The fraction of sp³-hybridized carbons (Fsp3) is 0.812. The van der Waals surface area contributed by atoms with Gasteiger partial charge in [-0.25, -0.2) is 4.98 Å². The highest BCUT2D eigenvalue weighted by atomic mass is 32.1. The summed E-state index contributed by atoms with van der Waals surface area (Å²) in [5.41, 5.74) is 0. The van der Waals surface area contributed by atoms with Crippen LogP contribution in [-0.2, 0) is 6.54 Å². The summed E-state index contributed by atoms with van der Waals surface area (Å²) >= 11 is 1.90. The van der Waals surface area contributed by atoms with Crippen molar-refractivity contribution in [2.75, 3.05) is 6.54 Å². The zero-order valence-electron chi connectivity index (χ0n) is 12.4. The van der Waals surface area contributed by atoms with Crippen LogP contribution in [0.25, 0.3) is 0 Å². The molecular weight excluding hydrogens is 268 g/mol. The van der Waals surface area contributed by atoms with Gasteiger partial charge in [0.15, 0.2) is 0 Å². The van der Waals surface area contributed by atoms with E-state index < -0.39 is 0 Å². The van der Waals surface area contributed by atoms with Gasteiger partial charge in [-0.1, -0.05) is 19.3 Å². The SMILES string of the molecule is CC(O)C1CCCCN1Cc1cnc(C2CCCC2)s1. The van der Waals surface area contributed by atoms with E-state index in [9.17, 15) is 5.11 Å². The molecule has 2 unspecified atom stereocenters. The molecular formula is C16H26N2OS. The van der Waals surface area contributed by atoms with Crippen LogP contribution in [0.2, 0.25) is 0 Å². The molecule has 20 heavy (non-hydrogen) atoms. The highest BCUT2D eigenvalue weighted by Crippen LogP contribution is 2.36. The number of hydrogen-bond donors (Lipinski definition) is 1. The average Bonchev–Trinajstić information content (AvgIpc) is 3.09. The Morgan fingerprint density at radius 3 is 2.80 bits per heavy atom. The van der Waals surface area contributed by atoms with E-state index in [1.54, 1.807) is 0 Å². The Labute approximate surface area is 126 Å². The van der Waals surface area contributed by atoms with Crippen LogP contribution in [-0.4, -0.2) is 33.7 Å². The van der Waals surface area contributed by atoms with Crippen LogP contribution < -0.4 is 0 Å². The van der Waals surface area contributed by atoms with Crippen LogP contribution in [0.4, 0.5) is 0 Å². The van der Waals surface area contributed by atoms with E-state index in [1.165, 1.54) is 48.4 Å². The summed E-state index contributed by atoms with van der Waals surface area (Å²) in [6.07, 6.45) is 10.9. The second kappa shape index (κ2) is 6.54. The first-order valence-corrected chi connectivity index (χ1v) is 8.92. The van der Waals surface area contributed by atoms with Crippen LogP contribution in [0.5, 0.6) is 0 Å². The molecule has 0 bridgehead atoms. The van der Waals surface area contributed by atoms with E-state index in [1.807, 2.05) is 18.3 Å². The smallest absolute Gasteiger partial charge is 0.0959 e. The second-order valence-corrected chi connectivity index (χ2v) is 7.57. The maximum absolute atomic E-state index is 9.95. The summed E-state index contributed by atoms with van der Waals surface area (Å²) in [4.78, 5) is 8.50. The first-order valence-electron chi connectivity index (χ1n) is 8.11. The van der Waals surface area contributed by atoms with E-state index in [4.69, 9.17) is 0 Å². The van der Waals surface area contributed by atoms with Crippen LogP contribution in [0, 0.1) is 0 Å².